The van der Waals surface area contributed by atoms with Crippen molar-refractivity contribution in [2.75, 3.05) is 0 Å². The zero-order valence-corrected chi connectivity index (χ0v) is 14.9. The summed E-state index contributed by atoms with van der Waals surface area (Å²) in [6.45, 7) is 2.04. The smallest absolute Gasteiger partial charge is 0.118 e. The van der Waals surface area contributed by atoms with Crippen LogP contribution in [-0.2, 0) is 5.54 Å². The minimum atomic E-state index is -0.428. The zero-order valence-electron chi connectivity index (χ0n) is 14.9. The van der Waals surface area contributed by atoms with E-state index in [0.717, 1.165) is 12.1 Å². The van der Waals surface area contributed by atoms with E-state index in [1.807, 2.05) is 13.3 Å². The summed E-state index contributed by atoms with van der Waals surface area (Å²) < 4.78 is 2.26. The summed E-state index contributed by atoms with van der Waals surface area (Å²) in [5.41, 5.74) is 4.37. The van der Waals surface area contributed by atoms with Gasteiger partial charge in [-0.25, -0.2) is 4.98 Å². The average Bonchev–Trinajstić information content (AvgIpc) is 2.95. The lowest BCUT2D eigenvalue weighted by Gasteiger charge is -2.39. The Labute approximate surface area is 154 Å². The second kappa shape index (κ2) is 7.01. The summed E-state index contributed by atoms with van der Waals surface area (Å²) in [5.74, 6) is 0. The molecule has 2 aromatic carbocycles. The Morgan fingerprint density at radius 1 is 0.846 bits per heavy atom. The molecule has 0 fully saturated rings. The molecule has 0 amide bonds. The van der Waals surface area contributed by atoms with Crippen LogP contribution in [0.4, 0.5) is 0 Å². The van der Waals surface area contributed by atoms with Crippen LogP contribution in [0.3, 0.4) is 0 Å². The van der Waals surface area contributed by atoms with E-state index in [2.05, 4.69) is 107 Å². The SMILES string of the molecule is Cc1cn(C(C2=CC=CC=CC2)(c2ccccc2)c2ccccc2)cn1. The van der Waals surface area contributed by atoms with Crippen molar-refractivity contribution in [2.45, 2.75) is 18.9 Å². The Balaban J connectivity index is 2.08. The van der Waals surface area contributed by atoms with Crippen LogP contribution >= 0.6 is 0 Å². The monoisotopic (exact) mass is 338 g/mol. The molecule has 3 aromatic rings. The molecular weight excluding hydrogens is 316 g/mol. The van der Waals surface area contributed by atoms with Gasteiger partial charge in [0.2, 0.25) is 0 Å². The maximum atomic E-state index is 4.55. The molecule has 0 bridgehead atoms. The van der Waals surface area contributed by atoms with Gasteiger partial charge in [-0.15, -0.1) is 0 Å². The third-order valence-corrected chi connectivity index (χ3v) is 4.94. The van der Waals surface area contributed by atoms with E-state index >= 15 is 0 Å². The van der Waals surface area contributed by atoms with E-state index in [0.29, 0.717) is 0 Å². The molecule has 2 nitrogen and oxygen atoms in total. The Morgan fingerprint density at radius 2 is 1.50 bits per heavy atom. The van der Waals surface area contributed by atoms with E-state index < -0.39 is 5.54 Å². The molecule has 1 aromatic heterocycles. The molecule has 128 valence electrons. The van der Waals surface area contributed by atoms with Gasteiger partial charge in [-0.05, 0) is 30.0 Å². The van der Waals surface area contributed by atoms with Crippen molar-refractivity contribution >= 4 is 0 Å². The molecule has 4 rings (SSSR count). The number of aryl methyl sites for hydroxylation is 1. The molecule has 0 unspecified atom stereocenters. The van der Waals surface area contributed by atoms with Gasteiger partial charge in [-0.2, -0.15) is 0 Å². The lowest BCUT2D eigenvalue weighted by molar-refractivity contribution is 0.495. The molecule has 0 radical (unpaired) electrons. The summed E-state index contributed by atoms with van der Waals surface area (Å²) in [4.78, 5) is 4.55. The molecule has 1 aliphatic carbocycles. The third kappa shape index (κ3) is 2.74. The first-order valence-corrected chi connectivity index (χ1v) is 8.97. The number of hydrogen-bond donors (Lipinski definition) is 0. The summed E-state index contributed by atoms with van der Waals surface area (Å²) in [7, 11) is 0. The van der Waals surface area contributed by atoms with Crippen molar-refractivity contribution in [3.05, 3.63) is 126 Å². The van der Waals surface area contributed by atoms with Gasteiger partial charge in [-0.3, -0.25) is 0 Å². The number of allylic oxidation sites excluding steroid dienone is 6. The van der Waals surface area contributed by atoms with Gasteiger partial charge < -0.3 is 4.57 Å². The van der Waals surface area contributed by atoms with Crippen LogP contribution in [0.1, 0.15) is 23.2 Å². The molecule has 0 N–H and O–H groups in total. The minimum Gasteiger partial charge on any atom is -0.319 e. The van der Waals surface area contributed by atoms with Gasteiger partial charge >= 0.3 is 0 Å². The predicted octanol–water partition coefficient (Wildman–Crippen LogP) is 5.43. The van der Waals surface area contributed by atoms with Crippen molar-refractivity contribution in [1.82, 2.24) is 9.55 Å². The number of rotatable bonds is 4. The largest absolute Gasteiger partial charge is 0.319 e. The van der Waals surface area contributed by atoms with Crippen LogP contribution in [0, 0.1) is 6.92 Å². The van der Waals surface area contributed by atoms with Crippen LogP contribution in [0.15, 0.2) is 109 Å². The Kier molecular flexibility index (Phi) is 4.40. The molecule has 1 aliphatic rings. The van der Waals surface area contributed by atoms with Gasteiger partial charge in [0, 0.05) is 6.20 Å². The summed E-state index contributed by atoms with van der Waals surface area (Å²) in [6, 6.07) is 21.4. The Hall–Kier alpha value is -3.13. The number of aromatic nitrogens is 2. The molecule has 26 heavy (non-hydrogen) atoms. The molecule has 0 atom stereocenters. The minimum absolute atomic E-state index is 0.428. The summed E-state index contributed by atoms with van der Waals surface area (Å²) in [6.07, 6.45) is 15.8. The fourth-order valence-corrected chi connectivity index (χ4v) is 3.81. The van der Waals surface area contributed by atoms with Crippen LogP contribution in [-0.4, -0.2) is 9.55 Å². The zero-order chi connectivity index (χ0) is 17.8. The van der Waals surface area contributed by atoms with E-state index in [4.69, 9.17) is 0 Å². The van der Waals surface area contributed by atoms with Crippen molar-refractivity contribution in [3.63, 3.8) is 0 Å². The van der Waals surface area contributed by atoms with Gasteiger partial charge in [0.05, 0.1) is 12.0 Å². The van der Waals surface area contributed by atoms with E-state index in [1.165, 1.54) is 16.7 Å². The highest BCUT2D eigenvalue weighted by Gasteiger charge is 2.39. The first-order chi connectivity index (χ1) is 12.8. The standard InChI is InChI=1S/C24H22N2/c1-20-18-26(19-25-20)24(22-14-8-4-9-15-22,23-16-10-5-11-17-23)21-12-6-2-3-7-13-21/h2-12,14-19H,13H2,1H3. The van der Waals surface area contributed by atoms with Gasteiger partial charge in [0.25, 0.3) is 0 Å². The number of nitrogens with zero attached hydrogens (tertiary/aromatic N) is 2. The van der Waals surface area contributed by atoms with Crippen LogP contribution < -0.4 is 0 Å². The Morgan fingerprint density at radius 3 is 2.08 bits per heavy atom. The average molecular weight is 338 g/mol. The van der Waals surface area contributed by atoms with E-state index in [-0.39, 0.29) is 0 Å². The van der Waals surface area contributed by atoms with Crippen molar-refractivity contribution in [2.24, 2.45) is 0 Å². The highest BCUT2D eigenvalue weighted by atomic mass is 15.1. The summed E-state index contributed by atoms with van der Waals surface area (Å²) in [5, 5.41) is 0. The third-order valence-electron chi connectivity index (χ3n) is 4.94. The van der Waals surface area contributed by atoms with Crippen molar-refractivity contribution < 1.29 is 0 Å². The fraction of sp³-hybridized carbons (Fsp3) is 0.125. The number of benzene rings is 2. The van der Waals surface area contributed by atoms with Crippen molar-refractivity contribution in [3.8, 4) is 0 Å². The lowest BCUT2D eigenvalue weighted by Crippen LogP contribution is -2.37. The molecule has 1 heterocycles. The normalized spacial score (nSPS) is 14.1. The molecular formula is C24H22N2. The molecule has 2 heteroatoms. The van der Waals surface area contributed by atoms with Gasteiger partial charge in [0.1, 0.15) is 5.54 Å². The van der Waals surface area contributed by atoms with Crippen LogP contribution in [0.5, 0.6) is 0 Å². The fourth-order valence-electron chi connectivity index (χ4n) is 3.81. The second-order valence-corrected chi connectivity index (χ2v) is 6.57. The predicted molar refractivity (Wildman–Crippen MR) is 107 cm³/mol. The lowest BCUT2D eigenvalue weighted by atomic mass is 9.75. The van der Waals surface area contributed by atoms with Crippen LogP contribution in [0.2, 0.25) is 0 Å². The second-order valence-electron chi connectivity index (χ2n) is 6.57. The van der Waals surface area contributed by atoms with Crippen LogP contribution in [0.25, 0.3) is 0 Å². The summed E-state index contributed by atoms with van der Waals surface area (Å²) >= 11 is 0. The number of hydrogen-bond acceptors (Lipinski definition) is 1. The maximum Gasteiger partial charge on any atom is 0.118 e. The first kappa shape index (κ1) is 16.3. The molecule has 0 saturated carbocycles. The molecule has 0 spiro atoms. The van der Waals surface area contributed by atoms with E-state index in [9.17, 15) is 0 Å². The Bertz CT molecular complexity index is 920. The maximum absolute atomic E-state index is 4.55. The first-order valence-electron chi connectivity index (χ1n) is 8.97. The van der Waals surface area contributed by atoms with Gasteiger partial charge in [-0.1, -0.05) is 91.0 Å². The molecule has 0 saturated heterocycles. The molecule has 0 aliphatic heterocycles. The highest BCUT2D eigenvalue weighted by Crippen LogP contribution is 2.42. The van der Waals surface area contributed by atoms with E-state index in [1.54, 1.807) is 0 Å². The topological polar surface area (TPSA) is 17.8 Å². The quantitative estimate of drug-likeness (QED) is 0.620. The number of imidazole rings is 1. The van der Waals surface area contributed by atoms with Gasteiger partial charge in [0.15, 0.2) is 0 Å². The van der Waals surface area contributed by atoms with Crippen molar-refractivity contribution in [1.29, 1.82) is 0 Å². The highest BCUT2D eigenvalue weighted by molar-refractivity contribution is 5.51.